The van der Waals surface area contributed by atoms with E-state index in [0.29, 0.717) is 6.10 Å². The summed E-state index contributed by atoms with van der Waals surface area (Å²) in [5.41, 5.74) is 3.58. The van der Waals surface area contributed by atoms with Gasteiger partial charge in [0.2, 0.25) is 0 Å². The van der Waals surface area contributed by atoms with E-state index in [1.807, 2.05) is 0 Å². The van der Waals surface area contributed by atoms with Crippen molar-refractivity contribution in [2.24, 2.45) is 0 Å². The summed E-state index contributed by atoms with van der Waals surface area (Å²) >= 11 is 1.70. The van der Waals surface area contributed by atoms with Crippen molar-refractivity contribution in [1.29, 1.82) is 0 Å². The normalized spacial score (nSPS) is 17.5. The first-order valence-corrected chi connectivity index (χ1v) is 9.61. The molecule has 5 heteroatoms. The number of nitrogens with one attached hydrogen (secondary N) is 1. The standard InChI is InChI=1S/C19H26N2O2S/c1-15-5-7-16(8-6-15)19-21-17(14-24-19)12-20-9-3-10-22-13-18-4-2-11-23-18/h5-8,14,18,20H,2-4,9-13H2,1H3. The van der Waals surface area contributed by atoms with Crippen molar-refractivity contribution in [2.45, 2.75) is 38.8 Å². The molecular formula is C19H26N2O2S. The van der Waals surface area contributed by atoms with E-state index in [-0.39, 0.29) is 0 Å². The molecule has 1 aliphatic heterocycles. The van der Waals surface area contributed by atoms with Gasteiger partial charge in [-0.05, 0) is 32.7 Å². The zero-order valence-electron chi connectivity index (χ0n) is 14.3. The van der Waals surface area contributed by atoms with E-state index in [0.717, 1.165) is 56.5 Å². The van der Waals surface area contributed by atoms with Gasteiger partial charge in [0.05, 0.1) is 18.4 Å². The molecule has 0 saturated carbocycles. The van der Waals surface area contributed by atoms with Crippen molar-refractivity contribution in [1.82, 2.24) is 10.3 Å². The molecule has 1 atom stereocenters. The lowest BCUT2D eigenvalue weighted by molar-refractivity contribution is 0.0166. The molecule has 1 aromatic carbocycles. The quantitative estimate of drug-likeness (QED) is 0.702. The van der Waals surface area contributed by atoms with Crippen molar-refractivity contribution in [3.8, 4) is 10.6 Å². The van der Waals surface area contributed by atoms with Gasteiger partial charge in [0, 0.05) is 30.7 Å². The Morgan fingerprint density at radius 1 is 1.33 bits per heavy atom. The molecule has 24 heavy (non-hydrogen) atoms. The van der Waals surface area contributed by atoms with Gasteiger partial charge in [0.1, 0.15) is 5.01 Å². The Bertz CT molecular complexity index is 606. The van der Waals surface area contributed by atoms with E-state index in [1.54, 1.807) is 11.3 Å². The summed E-state index contributed by atoms with van der Waals surface area (Å²) in [4.78, 5) is 4.70. The highest BCUT2D eigenvalue weighted by Crippen LogP contribution is 2.23. The fraction of sp³-hybridized carbons (Fsp3) is 0.526. The molecule has 1 fully saturated rings. The van der Waals surface area contributed by atoms with Crippen LogP contribution in [-0.4, -0.2) is 37.5 Å². The van der Waals surface area contributed by atoms with E-state index < -0.39 is 0 Å². The Hall–Kier alpha value is -1.27. The van der Waals surface area contributed by atoms with Crippen molar-refractivity contribution >= 4 is 11.3 Å². The van der Waals surface area contributed by atoms with Crippen LogP contribution in [-0.2, 0) is 16.0 Å². The number of rotatable bonds is 9. The van der Waals surface area contributed by atoms with E-state index in [1.165, 1.54) is 17.5 Å². The molecule has 4 nitrogen and oxygen atoms in total. The first kappa shape index (κ1) is 17.5. The monoisotopic (exact) mass is 346 g/mol. The largest absolute Gasteiger partial charge is 0.379 e. The number of aromatic nitrogens is 1. The number of hydrogen-bond donors (Lipinski definition) is 1. The molecular weight excluding hydrogens is 320 g/mol. The number of ether oxygens (including phenoxy) is 2. The molecule has 3 rings (SSSR count). The average molecular weight is 346 g/mol. The number of hydrogen-bond acceptors (Lipinski definition) is 5. The predicted molar refractivity (Wildman–Crippen MR) is 98.4 cm³/mol. The molecule has 1 N–H and O–H groups in total. The topological polar surface area (TPSA) is 43.4 Å². The summed E-state index contributed by atoms with van der Waals surface area (Å²) in [6.45, 7) is 6.29. The minimum Gasteiger partial charge on any atom is -0.379 e. The van der Waals surface area contributed by atoms with E-state index in [9.17, 15) is 0 Å². The van der Waals surface area contributed by atoms with Crippen molar-refractivity contribution in [2.75, 3.05) is 26.4 Å². The van der Waals surface area contributed by atoms with Crippen LogP contribution in [0.5, 0.6) is 0 Å². The second-order valence-corrected chi connectivity index (χ2v) is 7.11. The van der Waals surface area contributed by atoms with Gasteiger partial charge in [0.25, 0.3) is 0 Å². The number of benzene rings is 1. The summed E-state index contributed by atoms with van der Waals surface area (Å²) in [7, 11) is 0. The first-order valence-electron chi connectivity index (χ1n) is 8.73. The van der Waals surface area contributed by atoms with Crippen molar-refractivity contribution in [3.05, 3.63) is 40.9 Å². The third-order valence-corrected chi connectivity index (χ3v) is 5.07. The van der Waals surface area contributed by atoms with E-state index in [4.69, 9.17) is 14.5 Å². The lowest BCUT2D eigenvalue weighted by atomic mass is 10.2. The van der Waals surface area contributed by atoms with Crippen LogP contribution >= 0.6 is 11.3 Å². The van der Waals surface area contributed by atoms with Gasteiger partial charge in [-0.3, -0.25) is 0 Å². The molecule has 0 radical (unpaired) electrons. The lowest BCUT2D eigenvalue weighted by Crippen LogP contribution is -2.19. The number of nitrogens with zero attached hydrogens (tertiary/aromatic N) is 1. The third kappa shape index (κ3) is 5.38. The minimum absolute atomic E-state index is 0.327. The second kappa shape index (κ2) is 9.28. The Morgan fingerprint density at radius 3 is 3.00 bits per heavy atom. The van der Waals surface area contributed by atoms with Crippen LogP contribution in [0.3, 0.4) is 0 Å². The molecule has 2 heterocycles. The van der Waals surface area contributed by atoms with Crippen LogP contribution in [0.4, 0.5) is 0 Å². The molecule has 1 saturated heterocycles. The Morgan fingerprint density at radius 2 is 2.21 bits per heavy atom. The highest BCUT2D eigenvalue weighted by molar-refractivity contribution is 7.13. The van der Waals surface area contributed by atoms with Gasteiger partial charge < -0.3 is 14.8 Å². The van der Waals surface area contributed by atoms with Crippen molar-refractivity contribution in [3.63, 3.8) is 0 Å². The SMILES string of the molecule is Cc1ccc(-c2nc(CNCCCOCC3CCCO3)cs2)cc1. The number of thiazole rings is 1. The molecule has 1 aliphatic rings. The van der Waals surface area contributed by atoms with Crippen LogP contribution in [0.1, 0.15) is 30.5 Å². The van der Waals surface area contributed by atoms with Crippen LogP contribution in [0.15, 0.2) is 29.6 Å². The number of aryl methyl sites for hydroxylation is 1. The molecule has 1 unspecified atom stereocenters. The van der Waals surface area contributed by atoms with Crippen LogP contribution in [0.2, 0.25) is 0 Å². The van der Waals surface area contributed by atoms with Gasteiger partial charge in [-0.2, -0.15) is 0 Å². The second-order valence-electron chi connectivity index (χ2n) is 6.25. The summed E-state index contributed by atoms with van der Waals surface area (Å²) < 4.78 is 11.2. The smallest absolute Gasteiger partial charge is 0.123 e. The maximum Gasteiger partial charge on any atom is 0.123 e. The van der Waals surface area contributed by atoms with Gasteiger partial charge in [-0.15, -0.1) is 11.3 Å². The molecule has 2 aromatic rings. The molecule has 1 aromatic heterocycles. The fourth-order valence-electron chi connectivity index (χ4n) is 2.72. The molecule has 130 valence electrons. The van der Waals surface area contributed by atoms with Crippen LogP contribution in [0, 0.1) is 6.92 Å². The zero-order valence-corrected chi connectivity index (χ0v) is 15.1. The van der Waals surface area contributed by atoms with E-state index in [2.05, 4.69) is 41.9 Å². The van der Waals surface area contributed by atoms with Crippen LogP contribution in [0.25, 0.3) is 10.6 Å². The van der Waals surface area contributed by atoms with Gasteiger partial charge in [0.15, 0.2) is 0 Å². The summed E-state index contributed by atoms with van der Waals surface area (Å²) in [5.74, 6) is 0. The summed E-state index contributed by atoms with van der Waals surface area (Å²) in [5, 5.41) is 6.66. The highest BCUT2D eigenvalue weighted by Gasteiger charge is 2.14. The van der Waals surface area contributed by atoms with E-state index >= 15 is 0 Å². The predicted octanol–water partition coefficient (Wildman–Crippen LogP) is 3.79. The van der Waals surface area contributed by atoms with Crippen molar-refractivity contribution < 1.29 is 9.47 Å². The maximum absolute atomic E-state index is 5.66. The summed E-state index contributed by atoms with van der Waals surface area (Å²) in [6.07, 6.45) is 3.66. The van der Waals surface area contributed by atoms with Gasteiger partial charge >= 0.3 is 0 Å². The van der Waals surface area contributed by atoms with Crippen LogP contribution < -0.4 is 5.32 Å². The lowest BCUT2D eigenvalue weighted by Gasteiger charge is -2.10. The maximum atomic E-state index is 5.66. The fourth-order valence-corrected chi connectivity index (χ4v) is 3.55. The minimum atomic E-state index is 0.327. The molecule has 0 spiro atoms. The molecule has 0 bridgehead atoms. The highest BCUT2D eigenvalue weighted by atomic mass is 32.1. The summed E-state index contributed by atoms with van der Waals surface area (Å²) in [6, 6.07) is 8.53. The third-order valence-electron chi connectivity index (χ3n) is 4.13. The average Bonchev–Trinajstić information content (AvgIpc) is 3.26. The van der Waals surface area contributed by atoms with Gasteiger partial charge in [-0.1, -0.05) is 29.8 Å². The Labute approximate surface area is 148 Å². The zero-order chi connectivity index (χ0) is 16.6. The molecule has 0 amide bonds. The first-order chi connectivity index (χ1) is 11.8. The Balaban J connectivity index is 1.30. The van der Waals surface area contributed by atoms with Gasteiger partial charge in [-0.25, -0.2) is 4.98 Å². The Kier molecular flexibility index (Phi) is 6.78. The molecule has 0 aliphatic carbocycles.